The van der Waals surface area contributed by atoms with Crippen molar-refractivity contribution in [1.82, 2.24) is 10.6 Å². The smallest absolute Gasteiger partial charge is 0.416 e. The van der Waals surface area contributed by atoms with Gasteiger partial charge in [0, 0.05) is 18.9 Å². The lowest BCUT2D eigenvalue weighted by atomic mass is 10.0. The third-order valence-electron chi connectivity index (χ3n) is 5.58. The van der Waals surface area contributed by atoms with Gasteiger partial charge >= 0.3 is 18.3 Å². The fraction of sp³-hybridized carbons (Fsp3) is 0.250. The molecule has 0 aliphatic rings. The zero-order valence-corrected chi connectivity index (χ0v) is 21.4. The quantitative estimate of drug-likeness (QED) is 0.186. The van der Waals surface area contributed by atoms with Gasteiger partial charge < -0.3 is 20.1 Å². The molecule has 1 atom stereocenters. The van der Waals surface area contributed by atoms with E-state index in [0.717, 1.165) is 36.4 Å². The predicted octanol–water partition coefficient (Wildman–Crippen LogP) is 5.54. The lowest BCUT2D eigenvalue weighted by Gasteiger charge is -2.19. The van der Waals surface area contributed by atoms with Gasteiger partial charge in [0.05, 0.1) is 17.7 Å². The van der Waals surface area contributed by atoms with Crippen molar-refractivity contribution in [2.45, 2.75) is 31.7 Å². The van der Waals surface area contributed by atoms with Crippen LogP contribution < -0.4 is 15.4 Å². The molecule has 3 aromatic carbocycles. The van der Waals surface area contributed by atoms with Crippen molar-refractivity contribution in [3.63, 3.8) is 0 Å². The Labute approximate surface area is 230 Å². The first kappa shape index (κ1) is 31.0. The molecule has 218 valence electrons. The molecule has 2 amide bonds. The van der Waals surface area contributed by atoms with E-state index in [1.807, 2.05) is 0 Å². The van der Waals surface area contributed by atoms with Gasteiger partial charge in [-0.1, -0.05) is 12.1 Å². The van der Waals surface area contributed by atoms with E-state index in [0.29, 0.717) is 5.56 Å². The van der Waals surface area contributed by atoms with E-state index in [1.165, 1.54) is 43.3 Å². The first-order chi connectivity index (χ1) is 19.2. The highest BCUT2D eigenvalue weighted by atomic mass is 19.4. The van der Waals surface area contributed by atoms with Crippen LogP contribution >= 0.6 is 0 Å². The van der Waals surface area contributed by atoms with E-state index in [1.54, 1.807) is 0 Å². The summed E-state index contributed by atoms with van der Waals surface area (Å²) in [7, 11) is 0. The SMILES string of the molecule is CC(=O)OCCNC(=O)[C@H](Cc1ccc(C(F)(F)F)cc1)NC(=O)c1ccc(Oc2ccc(C(F)(F)F)cc2)cc1. The molecule has 0 aromatic heterocycles. The Balaban J connectivity index is 1.69. The van der Waals surface area contributed by atoms with Crippen LogP contribution in [-0.2, 0) is 33.1 Å². The first-order valence-electron chi connectivity index (χ1n) is 12.1. The Kier molecular flexibility index (Phi) is 9.98. The van der Waals surface area contributed by atoms with Gasteiger partial charge in [-0.3, -0.25) is 14.4 Å². The van der Waals surface area contributed by atoms with Crippen molar-refractivity contribution in [1.29, 1.82) is 0 Å². The average molecular weight is 582 g/mol. The molecular formula is C28H24F6N2O5. The average Bonchev–Trinajstić information content (AvgIpc) is 2.90. The fourth-order valence-electron chi connectivity index (χ4n) is 3.53. The Morgan fingerprint density at radius 1 is 0.756 bits per heavy atom. The van der Waals surface area contributed by atoms with Gasteiger partial charge in [0.25, 0.3) is 5.91 Å². The predicted molar refractivity (Wildman–Crippen MR) is 134 cm³/mol. The number of hydrogen-bond donors (Lipinski definition) is 2. The summed E-state index contributed by atoms with van der Waals surface area (Å²) in [6.45, 7) is 1.01. The summed E-state index contributed by atoms with van der Waals surface area (Å²) in [6, 6.07) is 12.5. The van der Waals surface area contributed by atoms with Crippen molar-refractivity contribution in [2.75, 3.05) is 13.2 Å². The minimum Gasteiger partial charge on any atom is -0.464 e. The molecule has 7 nitrogen and oxygen atoms in total. The van der Waals surface area contributed by atoms with Crippen LogP contribution in [0.5, 0.6) is 11.5 Å². The Morgan fingerprint density at radius 3 is 1.73 bits per heavy atom. The second-order valence-corrected chi connectivity index (χ2v) is 8.70. The van der Waals surface area contributed by atoms with E-state index in [2.05, 4.69) is 10.6 Å². The molecule has 0 fully saturated rings. The molecule has 0 saturated heterocycles. The number of hydrogen-bond acceptors (Lipinski definition) is 5. The van der Waals surface area contributed by atoms with Crippen LogP contribution in [0.4, 0.5) is 26.3 Å². The summed E-state index contributed by atoms with van der Waals surface area (Å²) in [5, 5.41) is 5.04. The second kappa shape index (κ2) is 13.2. The van der Waals surface area contributed by atoms with Crippen LogP contribution in [0.15, 0.2) is 72.8 Å². The van der Waals surface area contributed by atoms with Crippen molar-refractivity contribution in [3.8, 4) is 11.5 Å². The van der Waals surface area contributed by atoms with Crippen molar-refractivity contribution < 1.29 is 50.2 Å². The van der Waals surface area contributed by atoms with Gasteiger partial charge in [-0.2, -0.15) is 26.3 Å². The molecule has 3 rings (SSSR count). The third-order valence-corrected chi connectivity index (χ3v) is 5.58. The molecule has 2 N–H and O–H groups in total. The summed E-state index contributed by atoms with van der Waals surface area (Å²) in [6.07, 6.45) is -9.17. The zero-order valence-electron chi connectivity index (χ0n) is 21.4. The third kappa shape index (κ3) is 9.55. The number of carbonyl (C=O) groups is 3. The molecule has 0 spiro atoms. The highest BCUT2D eigenvalue weighted by Crippen LogP contribution is 2.32. The molecule has 0 aliphatic carbocycles. The molecule has 0 unspecified atom stereocenters. The van der Waals surface area contributed by atoms with E-state index in [9.17, 15) is 40.7 Å². The fourth-order valence-corrected chi connectivity index (χ4v) is 3.53. The molecule has 0 aliphatic heterocycles. The number of ether oxygens (including phenoxy) is 2. The number of carbonyl (C=O) groups excluding carboxylic acids is 3. The molecule has 13 heteroatoms. The van der Waals surface area contributed by atoms with Crippen molar-refractivity contribution in [3.05, 3.63) is 95.1 Å². The molecule has 0 heterocycles. The van der Waals surface area contributed by atoms with Crippen molar-refractivity contribution >= 4 is 17.8 Å². The van der Waals surface area contributed by atoms with Crippen LogP contribution in [0.1, 0.15) is 34.0 Å². The highest BCUT2D eigenvalue weighted by molar-refractivity contribution is 5.97. The van der Waals surface area contributed by atoms with Gasteiger partial charge in [-0.25, -0.2) is 0 Å². The van der Waals surface area contributed by atoms with E-state index in [-0.39, 0.29) is 36.6 Å². The van der Waals surface area contributed by atoms with Gasteiger partial charge in [-0.05, 0) is 66.2 Å². The number of alkyl halides is 6. The molecule has 41 heavy (non-hydrogen) atoms. The second-order valence-electron chi connectivity index (χ2n) is 8.70. The number of nitrogens with one attached hydrogen (secondary N) is 2. The van der Waals surface area contributed by atoms with Crippen LogP contribution in [-0.4, -0.2) is 37.0 Å². The van der Waals surface area contributed by atoms with Gasteiger partial charge in [0.15, 0.2) is 0 Å². The maximum absolute atomic E-state index is 12.9. The lowest BCUT2D eigenvalue weighted by Crippen LogP contribution is -2.48. The van der Waals surface area contributed by atoms with Crippen LogP contribution in [0.3, 0.4) is 0 Å². The summed E-state index contributed by atoms with van der Waals surface area (Å²) in [4.78, 5) is 36.6. The largest absolute Gasteiger partial charge is 0.464 e. The summed E-state index contributed by atoms with van der Waals surface area (Å²) in [5.41, 5.74) is -1.25. The summed E-state index contributed by atoms with van der Waals surface area (Å²) in [5.74, 6) is -1.53. The topological polar surface area (TPSA) is 93.7 Å². The standard InChI is InChI=1S/C28H24F6N2O5/c1-17(37)40-15-14-35-26(39)24(16-18-2-6-20(7-3-18)27(29,30)31)36-25(38)19-4-10-22(11-5-19)41-23-12-8-21(9-13-23)28(32,33)34/h2-13,24H,14-16H2,1H3,(H,35,39)(H,36,38)/t24-/m0/s1. The van der Waals surface area contributed by atoms with Gasteiger partial charge in [0.2, 0.25) is 5.91 Å². The maximum atomic E-state index is 12.9. The van der Waals surface area contributed by atoms with Crippen molar-refractivity contribution in [2.24, 2.45) is 0 Å². The Bertz CT molecular complexity index is 1340. The van der Waals surface area contributed by atoms with Crippen LogP contribution in [0.25, 0.3) is 0 Å². The van der Waals surface area contributed by atoms with E-state index < -0.39 is 47.3 Å². The maximum Gasteiger partial charge on any atom is 0.416 e. The monoisotopic (exact) mass is 582 g/mol. The molecular weight excluding hydrogens is 558 g/mol. The van der Waals surface area contributed by atoms with Crippen LogP contribution in [0.2, 0.25) is 0 Å². The Hall–Kier alpha value is -4.55. The minimum absolute atomic E-state index is 0.0617. The molecule has 0 radical (unpaired) electrons. The number of benzene rings is 3. The number of halogens is 6. The first-order valence-corrected chi connectivity index (χ1v) is 12.1. The van der Waals surface area contributed by atoms with Gasteiger partial charge in [-0.15, -0.1) is 0 Å². The number of esters is 1. The van der Waals surface area contributed by atoms with Gasteiger partial charge in [0.1, 0.15) is 24.1 Å². The van der Waals surface area contributed by atoms with E-state index >= 15 is 0 Å². The lowest BCUT2D eigenvalue weighted by molar-refractivity contribution is -0.141. The normalized spacial score (nSPS) is 12.3. The summed E-state index contributed by atoms with van der Waals surface area (Å²) < 4.78 is 87.2. The molecule has 3 aromatic rings. The molecule has 0 bridgehead atoms. The number of rotatable bonds is 10. The number of amides is 2. The highest BCUT2D eigenvalue weighted by Gasteiger charge is 2.31. The Morgan fingerprint density at radius 2 is 1.24 bits per heavy atom. The molecule has 0 saturated carbocycles. The summed E-state index contributed by atoms with van der Waals surface area (Å²) >= 11 is 0. The zero-order chi connectivity index (χ0) is 30.2. The minimum atomic E-state index is -4.54. The van der Waals surface area contributed by atoms with Crippen LogP contribution in [0, 0.1) is 0 Å². The van der Waals surface area contributed by atoms with E-state index in [4.69, 9.17) is 9.47 Å².